The first-order chi connectivity index (χ1) is 8.16. The number of rotatable bonds is 2. The second kappa shape index (κ2) is 14.9. The largest absolute Gasteiger partial charge is 0.183 e. The molecule has 18 heavy (non-hydrogen) atoms. The molecular weight excluding hydrogens is 293 g/mol. The molecule has 0 atom stereocenters. The van der Waals surface area contributed by atoms with Gasteiger partial charge in [0.2, 0.25) is 0 Å². The molecule has 0 heterocycles. The third kappa shape index (κ3) is 8.00. The first-order valence-electron chi connectivity index (χ1n) is 6.46. The van der Waals surface area contributed by atoms with Crippen LogP contribution in [-0.2, 0) is 32.7 Å². The Kier molecular flexibility index (Phi) is 18.9. The van der Waals surface area contributed by atoms with Crippen molar-refractivity contribution in [3.05, 3.63) is 53.6 Å². The fraction of sp³-hybridized carbons (Fsp3) is 0.412. The van der Waals surface area contributed by atoms with Gasteiger partial charge in [-0.3, -0.25) is 0 Å². The topological polar surface area (TPSA) is 0 Å². The van der Waals surface area contributed by atoms with Crippen molar-refractivity contribution in [3.8, 4) is 0 Å². The number of benzene rings is 1. The van der Waals surface area contributed by atoms with Gasteiger partial charge in [0.15, 0.2) is 0 Å². The zero-order valence-corrected chi connectivity index (χ0v) is 15.9. The van der Waals surface area contributed by atoms with Crippen LogP contribution in [0.5, 0.6) is 0 Å². The van der Waals surface area contributed by atoms with Crippen LogP contribution in [0.4, 0.5) is 0 Å². The van der Waals surface area contributed by atoms with E-state index in [1.165, 1.54) is 16.7 Å². The summed E-state index contributed by atoms with van der Waals surface area (Å²) in [6, 6.07) is 9.11. The minimum atomic E-state index is 0. The Labute approximate surface area is 139 Å². The van der Waals surface area contributed by atoms with E-state index in [2.05, 4.69) is 31.7 Å². The van der Waals surface area contributed by atoms with Gasteiger partial charge in [0.25, 0.3) is 0 Å². The summed E-state index contributed by atoms with van der Waals surface area (Å²) in [5.74, 6) is 0. The molecule has 0 nitrogen and oxygen atoms in total. The zero-order valence-electron chi connectivity index (χ0n) is 13.1. The third-order valence-electron chi connectivity index (χ3n) is 2.12. The van der Waals surface area contributed by atoms with E-state index in [9.17, 15) is 0 Å². The first kappa shape index (κ1) is 22.9. The van der Waals surface area contributed by atoms with Gasteiger partial charge >= 0.3 is 0 Å². The molecule has 1 radical (unpaired) electrons. The van der Waals surface area contributed by atoms with Crippen molar-refractivity contribution in [1.82, 2.24) is 0 Å². The van der Waals surface area contributed by atoms with Gasteiger partial charge in [0, 0.05) is 32.7 Å². The number of allylic oxidation sites excluding steroid dienone is 3. The van der Waals surface area contributed by atoms with Crippen molar-refractivity contribution in [1.29, 1.82) is 0 Å². The molecule has 0 fully saturated rings. The summed E-state index contributed by atoms with van der Waals surface area (Å²) in [4.78, 5) is 0. The molecule has 0 aliphatic rings. The quantitative estimate of drug-likeness (QED) is 0.475. The van der Waals surface area contributed by atoms with Gasteiger partial charge in [-0.25, -0.2) is 0 Å². The summed E-state index contributed by atoms with van der Waals surface area (Å²) < 4.78 is 0. The molecule has 99 valence electrons. The molecule has 0 amide bonds. The van der Waals surface area contributed by atoms with Gasteiger partial charge in [0.05, 0.1) is 0 Å². The molecule has 0 aliphatic heterocycles. The molecule has 0 unspecified atom stereocenters. The fourth-order valence-electron chi connectivity index (χ4n) is 1.43. The monoisotopic (exact) mass is 320 g/mol. The molecule has 0 saturated heterocycles. The summed E-state index contributed by atoms with van der Waals surface area (Å²) in [6.07, 6.45) is 2.10. The average molecular weight is 320 g/mol. The van der Waals surface area contributed by atoms with Crippen molar-refractivity contribution < 1.29 is 32.7 Å². The van der Waals surface area contributed by atoms with Gasteiger partial charge in [-0.1, -0.05) is 58.4 Å². The molecule has 0 aromatic heterocycles. The predicted molar refractivity (Wildman–Crippen MR) is 81.2 cm³/mol. The van der Waals surface area contributed by atoms with Crippen LogP contribution < -0.4 is 0 Å². The van der Waals surface area contributed by atoms with Crippen LogP contribution in [0.15, 0.2) is 36.4 Å². The first-order valence-corrected chi connectivity index (χ1v) is 6.46. The minimum Gasteiger partial charge on any atom is -0.183 e. The van der Waals surface area contributed by atoms with Crippen molar-refractivity contribution in [2.75, 3.05) is 0 Å². The molecule has 0 bridgehead atoms. The summed E-state index contributed by atoms with van der Waals surface area (Å²) in [7, 11) is 0. The Morgan fingerprint density at radius 3 is 2.06 bits per heavy atom. The number of aryl methyl sites for hydroxylation is 1. The Bertz CT molecular complexity index is 348. The van der Waals surface area contributed by atoms with Crippen LogP contribution in [0, 0.1) is 13.0 Å². The zero-order chi connectivity index (χ0) is 13.8. The Balaban J connectivity index is -0.000000409. The maximum absolute atomic E-state index is 3.96. The number of hydrogen-bond acceptors (Lipinski definition) is 0. The van der Waals surface area contributed by atoms with E-state index in [-0.39, 0.29) is 32.7 Å². The Hall–Kier alpha value is -0.196. The summed E-state index contributed by atoms with van der Waals surface area (Å²) in [5, 5.41) is 0. The molecule has 0 saturated carbocycles. The van der Waals surface area contributed by atoms with E-state index in [1.54, 1.807) is 0 Å². The summed E-state index contributed by atoms with van der Waals surface area (Å²) in [5.41, 5.74) is 4.83. The molecule has 1 rings (SSSR count). The van der Waals surface area contributed by atoms with Gasteiger partial charge in [-0.15, -0.1) is 5.56 Å². The summed E-state index contributed by atoms with van der Waals surface area (Å²) in [6.45, 7) is 18.1. The minimum absolute atomic E-state index is 0. The van der Waals surface area contributed by atoms with Gasteiger partial charge in [-0.2, -0.15) is 29.8 Å². The molecule has 0 aliphatic carbocycles. The van der Waals surface area contributed by atoms with E-state index >= 15 is 0 Å². The van der Waals surface area contributed by atoms with Crippen LogP contribution in [0.25, 0.3) is 5.57 Å². The van der Waals surface area contributed by atoms with Crippen LogP contribution in [-0.4, -0.2) is 0 Å². The standard InChI is InChI=1S/C13H15.2C2H6.Y/c1-5-12(10(2)3)13-9-7-6-8-11(13)4;2*1-2;/h5-6,8-9H,2H2,1,3-4H3;2*1-2H3;/q-1;;;/b12-5+;;;. The van der Waals surface area contributed by atoms with E-state index in [0.717, 1.165) is 5.57 Å². The van der Waals surface area contributed by atoms with Crippen molar-refractivity contribution in [2.24, 2.45) is 0 Å². The molecule has 0 N–H and O–H groups in total. The van der Waals surface area contributed by atoms with Crippen LogP contribution in [0.1, 0.15) is 52.7 Å². The molecular formula is C17H27Y-. The maximum Gasteiger partial charge on any atom is 0 e. The van der Waals surface area contributed by atoms with Gasteiger partial charge in [0.1, 0.15) is 0 Å². The smallest absolute Gasteiger partial charge is 0 e. The van der Waals surface area contributed by atoms with E-state index in [1.807, 2.05) is 53.7 Å². The number of hydrogen-bond donors (Lipinski definition) is 0. The maximum atomic E-state index is 3.96. The van der Waals surface area contributed by atoms with Gasteiger partial charge in [-0.05, 0) is 13.8 Å². The van der Waals surface area contributed by atoms with E-state index in [0.29, 0.717) is 0 Å². The predicted octanol–water partition coefficient (Wildman–Crippen LogP) is 5.82. The molecule has 1 heteroatoms. The van der Waals surface area contributed by atoms with Crippen molar-refractivity contribution in [2.45, 2.75) is 48.5 Å². The Morgan fingerprint density at radius 1 is 1.22 bits per heavy atom. The van der Waals surface area contributed by atoms with Crippen molar-refractivity contribution >= 4 is 5.57 Å². The van der Waals surface area contributed by atoms with Crippen LogP contribution in [0.3, 0.4) is 0 Å². The van der Waals surface area contributed by atoms with Crippen LogP contribution in [0.2, 0.25) is 0 Å². The second-order valence-electron chi connectivity index (χ2n) is 3.22. The third-order valence-corrected chi connectivity index (χ3v) is 2.12. The second-order valence-corrected chi connectivity index (χ2v) is 3.22. The molecule has 1 aromatic carbocycles. The fourth-order valence-corrected chi connectivity index (χ4v) is 1.43. The molecule has 0 spiro atoms. The van der Waals surface area contributed by atoms with E-state index in [4.69, 9.17) is 0 Å². The SMILES string of the molecule is C=C(C)/C(=C\C)c1c[c-]ccc1C.CC.CC.[Y]. The Morgan fingerprint density at radius 2 is 1.72 bits per heavy atom. The average Bonchev–Trinajstić information content (AvgIpc) is 2.37. The van der Waals surface area contributed by atoms with Crippen LogP contribution >= 0.6 is 0 Å². The van der Waals surface area contributed by atoms with Gasteiger partial charge < -0.3 is 0 Å². The van der Waals surface area contributed by atoms with Crippen molar-refractivity contribution in [3.63, 3.8) is 0 Å². The summed E-state index contributed by atoms with van der Waals surface area (Å²) >= 11 is 0. The normalized spacial score (nSPS) is 8.94. The van der Waals surface area contributed by atoms with E-state index < -0.39 is 0 Å². The molecule has 1 aromatic rings.